The van der Waals surface area contributed by atoms with Gasteiger partial charge in [0.25, 0.3) is 10.2 Å². The Bertz CT molecular complexity index is 528. The molecule has 1 unspecified atom stereocenters. The number of nitriles is 1. The number of sulfonamides is 1. The summed E-state index contributed by atoms with van der Waals surface area (Å²) in [5, 5.41) is 12.7. The van der Waals surface area contributed by atoms with Gasteiger partial charge in [0.2, 0.25) is 10.0 Å². The zero-order valence-electron chi connectivity index (χ0n) is 9.98. The molecule has 10 heteroatoms. The lowest BCUT2D eigenvalue weighted by atomic mass is 10.4. The van der Waals surface area contributed by atoms with E-state index < -0.39 is 25.5 Å². The molecule has 18 heavy (non-hydrogen) atoms. The molecule has 0 spiro atoms. The zero-order chi connectivity index (χ0) is 14.0. The molecule has 0 saturated carbocycles. The maximum absolute atomic E-state index is 12.0. The summed E-state index contributed by atoms with van der Waals surface area (Å²) >= 11 is 0. The van der Waals surface area contributed by atoms with Gasteiger partial charge in [-0.2, -0.15) is 22.3 Å². The predicted molar refractivity (Wildman–Crippen MR) is 64.9 cm³/mol. The fourth-order valence-corrected chi connectivity index (χ4v) is 3.99. The second-order valence-electron chi connectivity index (χ2n) is 3.91. The van der Waals surface area contributed by atoms with E-state index in [1.165, 1.54) is 0 Å². The van der Waals surface area contributed by atoms with Crippen molar-refractivity contribution in [1.82, 2.24) is 8.61 Å². The summed E-state index contributed by atoms with van der Waals surface area (Å²) in [5.41, 5.74) is 0. The molecule has 1 fully saturated rings. The number of hydrogen-bond acceptors (Lipinski definition) is 5. The quantitative estimate of drug-likeness (QED) is 0.671. The van der Waals surface area contributed by atoms with Crippen LogP contribution >= 0.6 is 0 Å². The lowest BCUT2D eigenvalue weighted by Crippen LogP contribution is -2.53. The Hall–Kier alpha value is -0.730. The van der Waals surface area contributed by atoms with Crippen LogP contribution in [0.2, 0.25) is 0 Å². The van der Waals surface area contributed by atoms with Crippen molar-refractivity contribution in [3.8, 4) is 6.07 Å². The summed E-state index contributed by atoms with van der Waals surface area (Å²) in [5.74, 6) is 0. The van der Waals surface area contributed by atoms with Crippen LogP contribution in [0.5, 0.6) is 0 Å². The summed E-state index contributed by atoms with van der Waals surface area (Å²) in [6.45, 7) is 1.69. The molecule has 0 bridgehead atoms. The Morgan fingerprint density at radius 2 is 1.61 bits per heavy atom. The molecule has 1 saturated heterocycles. The molecule has 0 amide bonds. The Morgan fingerprint density at radius 3 is 1.94 bits per heavy atom. The first-order chi connectivity index (χ1) is 8.23. The fourth-order valence-electron chi connectivity index (χ4n) is 1.73. The van der Waals surface area contributed by atoms with Crippen LogP contribution in [0.4, 0.5) is 0 Å². The molecule has 0 aromatic carbocycles. The summed E-state index contributed by atoms with van der Waals surface area (Å²) in [6, 6.07) is 1.74. The van der Waals surface area contributed by atoms with E-state index in [4.69, 9.17) is 10.4 Å². The molecule has 104 valence electrons. The molecule has 1 heterocycles. The molecule has 0 aromatic rings. The van der Waals surface area contributed by atoms with Crippen LogP contribution in [-0.2, 0) is 20.2 Å². The molecule has 0 radical (unpaired) electrons. The summed E-state index contributed by atoms with van der Waals surface area (Å²) in [6.07, 6.45) is 0.203. The average molecular weight is 296 g/mol. The van der Waals surface area contributed by atoms with E-state index in [2.05, 4.69) is 0 Å². The van der Waals surface area contributed by atoms with Gasteiger partial charge >= 0.3 is 0 Å². The Kier molecular flexibility index (Phi) is 4.68. The van der Waals surface area contributed by atoms with E-state index in [0.717, 1.165) is 8.61 Å². The van der Waals surface area contributed by atoms with Crippen molar-refractivity contribution in [3.63, 3.8) is 0 Å². The summed E-state index contributed by atoms with van der Waals surface area (Å²) < 4.78 is 48.3. The first-order valence-electron chi connectivity index (χ1n) is 5.40. The van der Waals surface area contributed by atoms with Gasteiger partial charge in [-0.15, -0.1) is 0 Å². The third-order valence-electron chi connectivity index (χ3n) is 2.79. The van der Waals surface area contributed by atoms with Gasteiger partial charge in [0.05, 0.1) is 6.07 Å². The summed E-state index contributed by atoms with van der Waals surface area (Å²) in [7, 11) is -7.46. The standard InChI is InChI=1S/C8H16N4O4S2/c1-2-8(7-9)17(13,14)11-3-5-12(6-4-11)18(10,15)16/h8H,2-6H2,1H3,(H2,10,15,16). The molecule has 0 aliphatic carbocycles. The molecule has 0 aromatic heterocycles. The minimum absolute atomic E-state index is 0.0138. The van der Waals surface area contributed by atoms with E-state index in [-0.39, 0.29) is 32.6 Å². The Balaban J connectivity index is 2.78. The number of hydrogen-bond donors (Lipinski definition) is 1. The van der Waals surface area contributed by atoms with Crippen molar-refractivity contribution in [1.29, 1.82) is 5.26 Å². The van der Waals surface area contributed by atoms with Crippen LogP contribution in [0.25, 0.3) is 0 Å². The van der Waals surface area contributed by atoms with E-state index in [1.807, 2.05) is 0 Å². The minimum Gasteiger partial charge on any atom is -0.216 e. The number of rotatable bonds is 4. The van der Waals surface area contributed by atoms with Crippen molar-refractivity contribution >= 4 is 20.2 Å². The van der Waals surface area contributed by atoms with Crippen molar-refractivity contribution in [2.75, 3.05) is 26.2 Å². The van der Waals surface area contributed by atoms with Gasteiger partial charge in [-0.1, -0.05) is 6.92 Å². The average Bonchev–Trinajstić information content (AvgIpc) is 2.29. The highest BCUT2D eigenvalue weighted by Crippen LogP contribution is 2.15. The van der Waals surface area contributed by atoms with E-state index in [0.29, 0.717) is 0 Å². The van der Waals surface area contributed by atoms with Gasteiger partial charge in [-0.3, -0.25) is 0 Å². The van der Waals surface area contributed by atoms with Gasteiger partial charge < -0.3 is 0 Å². The SMILES string of the molecule is CCC(C#N)S(=O)(=O)N1CCN(S(N)(=O)=O)CC1. The van der Waals surface area contributed by atoms with Crippen molar-refractivity contribution < 1.29 is 16.8 Å². The van der Waals surface area contributed by atoms with Crippen LogP contribution in [0.1, 0.15) is 13.3 Å². The zero-order valence-corrected chi connectivity index (χ0v) is 11.6. The molecule has 1 aliphatic rings. The molecule has 1 aliphatic heterocycles. The van der Waals surface area contributed by atoms with Gasteiger partial charge in [-0.25, -0.2) is 13.6 Å². The van der Waals surface area contributed by atoms with E-state index in [1.54, 1.807) is 13.0 Å². The Labute approximate surface area is 107 Å². The third kappa shape index (κ3) is 3.18. The lowest BCUT2D eigenvalue weighted by molar-refractivity contribution is 0.272. The first kappa shape index (κ1) is 15.3. The van der Waals surface area contributed by atoms with Crippen LogP contribution in [0, 0.1) is 11.3 Å². The minimum atomic E-state index is -3.78. The molecule has 1 rings (SSSR count). The molecule has 1 atom stereocenters. The van der Waals surface area contributed by atoms with Crippen molar-refractivity contribution in [2.45, 2.75) is 18.6 Å². The van der Waals surface area contributed by atoms with Gasteiger partial charge in [0.15, 0.2) is 5.25 Å². The molecular weight excluding hydrogens is 280 g/mol. The van der Waals surface area contributed by atoms with Crippen molar-refractivity contribution in [2.24, 2.45) is 5.14 Å². The highest BCUT2D eigenvalue weighted by Gasteiger charge is 2.35. The van der Waals surface area contributed by atoms with E-state index in [9.17, 15) is 16.8 Å². The van der Waals surface area contributed by atoms with E-state index >= 15 is 0 Å². The largest absolute Gasteiger partial charge is 0.276 e. The highest BCUT2D eigenvalue weighted by atomic mass is 32.2. The predicted octanol–water partition coefficient (Wildman–Crippen LogP) is -1.56. The molecule has 2 N–H and O–H groups in total. The van der Waals surface area contributed by atoms with Gasteiger partial charge in [0.1, 0.15) is 0 Å². The first-order valence-corrected chi connectivity index (χ1v) is 8.40. The number of nitrogens with zero attached hydrogens (tertiary/aromatic N) is 3. The van der Waals surface area contributed by atoms with Crippen LogP contribution < -0.4 is 5.14 Å². The van der Waals surface area contributed by atoms with Crippen LogP contribution in [0.15, 0.2) is 0 Å². The highest BCUT2D eigenvalue weighted by molar-refractivity contribution is 7.90. The maximum atomic E-state index is 12.0. The monoisotopic (exact) mass is 296 g/mol. The Morgan fingerprint density at radius 1 is 1.17 bits per heavy atom. The fraction of sp³-hybridized carbons (Fsp3) is 0.875. The normalized spacial score (nSPS) is 21.4. The maximum Gasteiger partial charge on any atom is 0.276 e. The topological polar surface area (TPSA) is 125 Å². The van der Waals surface area contributed by atoms with Crippen LogP contribution in [-0.4, -0.2) is 56.9 Å². The van der Waals surface area contributed by atoms with Crippen molar-refractivity contribution in [3.05, 3.63) is 0 Å². The molecule has 8 nitrogen and oxygen atoms in total. The van der Waals surface area contributed by atoms with Gasteiger partial charge in [0, 0.05) is 26.2 Å². The lowest BCUT2D eigenvalue weighted by Gasteiger charge is -2.32. The second-order valence-corrected chi connectivity index (χ2v) is 7.58. The number of piperazine rings is 1. The third-order valence-corrected chi connectivity index (χ3v) is 6.12. The molecular formula is C8H16N4O4S2. The van der Waals surface area contributed by atoms with Crippen LogP contribution in [0.3, 0.4) is 0 Å². The number of nitrogens with two attached hydrogens (primary N) is 1. The summed E-state index contributed by atoms with van der Waals surface area (Å²) in [4.78, 5) is 0. The second kappa shape index (κ2) is 5.50. The van der Waals surface area contributed by atoms with Gasteiger partial charge in [-0.05, 0) is 6.42 Å². The smallest absolute Gasteiger partial charge is 0.216 e.